The van der Waals surface area contributed by atoms with E-state index < -0.39 is 0 Å². The van der Waals surface area contributed by atoms with Crippen molar-refractivity contribution in [3.05, 3.63) is 102 Å². The van der Waals surface area contributed by atoms with E-state index in [0.29, 0.717) is 24.1 Å². The maximum absolute atomic E-state index is 12.7. The number of carbonyl (C=O) groups excluding carboxylic acids is 2. The minimum absolute atomic E-state index is 0.0413. The van der Waals surface area contributed by atoms with Crippen LogP contribution in [0, 0.1) is 0 Å². The maximum Gasteiger partial charge on any atom is 0.251 e. The van der Waals surface area contributed by atoms with Crippen molar-refractivity contribution in [2.75, 3.05) is 6.54 Å². The predicted molar refractivity (Wildman–Crippen MR) is 126 cm³/mol. The van der Waals surface area contributed by atoms with Gasteiger partial charge in [-0.05, 0) is 60.0 Å². The molecule has 0 saturated carbocycles. The summed E-state index contributed by atoms with van der Waals surface area (Å²) in [6.07, 6.45) is 4.09. The standard InChI is InChI=1S/C27H23N3O3/c1-18(31)24-8-2-3-9-25(24)19-10-11-26-21(14-19)16-23(33-26)17-28-27(32)20-6-4-7-22(15-20)30-13-5-12-29-30/h2-15,23H,16-17H2,1H3,(H,28,32). The van der Waals surface area contributed by atoms with Gasteiger partial charge in [-0.15, -0.1) is 0 Å². The lowest BCUT2D eigenvalue weighted by Crippen LogP contribution is -2.34. The lowest BCUT2D eigenvalue weighted by molar-refractivity contribution is 0.0933. The van der Waals surface area contributed by atoms with Crippen LogP contribution in [0.4, 0.5) is 0 Å². The highest BCUT2D eigenvalue weighted by atomic mass is 16.5. The van der Waals surface area contributed by atoms with Crippen LogP contribution in [0.15, 0.2) is 85.2 Å². The highest BCUT2D eigenvalue weighted by Crippen LogP contribution is 2.34. The van der Waals surface area contributed by atoms with Crippen molar-refractivity contribution in [1.82, 2.24) is 15.1 Å². The molecule has 1 N–H and O–H groups in total. The van der Waals surface area contributed by atoms with Gasteiger partial charge in [0.15, 0.2) is 5.78 Å². The van der Waals surface area contributed by atoms with Crippen molar-refractivity contribution < 1.29 is 14.3 Å². The van der Waals surface area contributed by atoms with Gasteiger partial charge in [-0.1, -0.05) is 36.4 Å². The van der Waals surface area contributed by atoms with Gasteiger partial charge in [-0.25, -0.2) is 4.68 Å². The van der Waals surface area contributed by atoms with E-state index in [1.165, 1.54) is 0 Å². The Morgan fingerprint density at radius 1 is 1.06 bits per heavy atom. The molecular formula is C27H23N3O3. The Bertz CT molecular complexity index is 1330. The highest BCUT2D eigenvalue weighted by molar-refractivity contribution is 6.00. The molecule has 0 spiro atoms. The second kappa shape index (κ2) is 8.74. The van der Waals surface area contributed by atoms with Gasteiger partial charge in [-0.3, -0.25) is 9.59 Å². The number of aromatic nitrogens is 2. The van der Waals surface area contributed by atoms with Crippen LogP contribution in [0.2, 0.25) is 0 Å². The first kappa shape index (κ1) is 20.7. The largest absolute Gasteiger partial charge is 0.488 e. The SMILES string of the molecule is CC(=O)c1ccccc1-c1ccc2c(c1)CC(CNC(=O)c1cccc(-n3cccn3)c1)O2. The van der Waals surface area contributed by atoms with E-state index in [1.807, 2.05) is 66.9 Å². The third-order valence-electron chi connectivity index (χ3n) is 5.79. The normalized spacial score (nSPS) is 14.4. The van der Waals surface area contributed by atoms with E-state index in [2.05, 4.69) is 16.5 Å². The number of benzene rings is 3. The zero-order chi connectivity index (χ0) is 22.8. The minimum Gasteiger partial charge on any atom is -0.488 e. The summed E-state index contributed by atoms with van der Waals surface area (Å²) >= 11 is 0. The van der Waals surface area contributed by atoms with Crippen molar-refractivity contribution in [2.45, 2.75) is 19.4 Å². The molecule has 164 valence electrons. The molecule has 1 amide bonds. The van der Waals surface area contributed by atoms with Crippen LogP contribution in [0.5, 0.6) is 5.75 Å². The summed E-state index contributed by atoms with van der Waals surface area (Å²) in [5.74, 6) is 0.707. The highest BCUT2D eigenvalue weighted by Gasteiger charge is 2.24. The fourth-order valence-corrected chi connectivity index (χ4v) is 4.16. The Hall–Kier alpha value is -4.19. The molecule has 1 aromatic heterocycles. The summed E-state index contributed by atoms with van der Waals surface area (Å²) in [4.78, 5) is 24.7. The molecular weight excluding hydrogens is 414 g/mol. The van der Waals surface area contributed by atoms with E-state index in [-0.39, 0.29) is 17.8 Å². The second-order valence-corrected chi connectivity index (χ2v) is 8.08. The third kappa shape index (κ3) is 4.28. The minimum atomic E-state index is -0.153. The Labute approximate surface area is 191 Å². The van der Waals surface area contributed by atoms with Crippen molar-refractivity contribution in [2.24, 2.45) is 0 Å². The third-order valence-corrected chi connectivity index (χ3v) is 5.79. The number of hydrogen-bond acceptors (Lipinski definition) is 4. The molecule has 3 aromatic carbocycles. The first-order chi connectivity index (χ1) is 16.1. The average Bonchev–Trinajstić information content (AvgIpc) is 3.52. The maximum atomic E-state index is 12.7. The Morgan fingerprint density at radius 2 is 1.94 bits per heavy atom. The number of hydrogen-bond donors (Lipinski definition) is 1. The number of fused-ring (bicyclic) bond motifs is 1. The van der Waals surface area contributed by atoms with Gasteiger partial charge < -0.3 is 10.1 Å². The molecule has 0 aliphatic carbocycles. The first-order valence-electron chi connectivity index (χ1n) is 10.9. The number of ether oxygens (including phenoxy) is 1. The molecule has 0 fully saturated rings. The topological polar surface area (TPSA) is 73.2 Å². The van der Waals surface area contributed by atoms with Gasteiger partial charge in [-0.2, -0.15) is 5.10 Å². The van der Waals surface area contributed by atoms with Gasteiger partial charge in [0, 0.05) is 29.9 Å². The van der Waals surface area contributed by atoms with Gasteiger partial charge in [0.05, 0.1) is 12.2 Å². The van der Waals surface area contributed by atoms with Gasteiger partial charge in [0.2, 0.25) is 0 Å². The number of nitrogens with one attached hydrogen (secondary N) is 1. The van der Waals surface area contributed by atoms with Crippen molar-refractivity contribution in [3.63, 3.8) is 0 Å². The van der Waals surface area contributed by atoms with Crippen LogP contribution in [0.25, 0.3) is 16.8 Å². The van der Waals surface area contributed by atoms with Crippen LogP contribution >= 0.6 is 0 Å². The summed E-state index contributed by atoms with van der Waals surface area (Å²) in [5.41, 5.74) is 5.09. The lowest BCUT2D eigenvalue weighted by atomic mass is 9.95. The Morgan fingerprint density at radius 3 is 2.76 bits per heavy atom. The molecule has 1 aliphatic rings. The molecule has 0 saturated heterocycles. The fourth-order valence-electron chi connectivity index (χ4n) is 4.16. The summed E-state index contributed by atoms with van der Waals surface area (Å²) in [6, 6.07) is 22.8. The summed E-state index contributed by atoms with van der Waals surface area (Å²) in [6.45, 7) is 1.98. The van der Waals surface area contributed by atoms with E-state index >= 15 is 0 Å². The first-order valence-corrected chi connectivity index (χ1v) is 10.9. The van der Waals surface area contributed by atoms with E-state index in [0.717, 1.165) is 28.1 Å². The second-order valence-electron chi connectivity index (χ2n) is 8.08. The number of rotatable bonds is 6. The molecule has 1 unspecified atom stereocenters. The number of carbonyl (C=O) groups is 2. The van der Waals surface area contributed by atoms with E-state index in [9.17, 15) is 9.59 Å². The molecule has 1 aliphatic heterocycles. The van der Waals surface area contributed by atoms with E-state index in [1.54, 1.807) is 23.9 Å². The fraction of sp³-hybridized carbons (Fsp3) is 0.148. The molecule has 1 atom stereocenters. The van der Waals surface area contributed by atoms with Crippen molar-refractivity contribution in [1.29, 1.82) is 0 Å². The molecule has 6 nitrogen and oxygen atoms in total. The average molecular weight is 437 g/mol. The quantitative estimate of drug-likeness (QED) is 0.452. The van der Waals surface area contributed by atoms with Crippen LogP contribution < -0.4 is 10.1 Å². The van der Waals surface area contributed by atoms with E-state index in [4.69, 9.17) is 4.74 Å². The molecule has 5 rings (SSSR count). The molecule has 4 aromatic rings. The van der Waals surface area contributed by atoms with Gasteiger partial charge >= 0.3 is 0 Å². The van der Waals surface area contributed by atoms with Crippen molar-refractivity contribution in [3.8, 4) is 22.6 Å². The summed E-state index contributed by atoms with van der Waals surface area (Å²) < 4.78 is 7.77. The number of Topliss-reactive ketones (excluding diaryl/α,β-unsaturated/α-hetero) is 1. The van der Waals surface area contributed by atoms with Crippen molar-refractivity contribution >= 4 is 11.7 Å². The van der Waals surface area contributed by atoms with Crippen LogP contribution in [-0.4, -0.2) is 34.1 Å². The number of ketones is 1. The van der Waals surface area contributed by atoms with Gasteiger partial charge in [0.25, 0.3) is 5.91 Å². The number of amides is 1. The number of nitrogens with zero attached hydrogens (tertiary/aromatic N) is 2. The Kier molecular flexibility index (Phi) is 5.48. The molecule has 0 bridgehead atoms. The molecule has 6 heteroatoms. The van der Waals surface area contributed by atoms with Crippen LogP contribution in [-0.2, 0) is 6.42 Å². The smallest absolute Gasteiger partial charge is 0.251 e. The summed E-state index contributed by atoms with van der Waals surface area (Å²) in [5, 5.41) is 7.19. The Balaban J connectivity index is 1.26. The zero-order valence-electron chi connectivity index (χ0n) is 18.2. The zero-order valence-corrected chi connectivity index (χ0v) is 18.2. The molecule has 2 heterocycles. The monoisotopic (exact) mass is 437 g/mol. The van der Waals surface area contributed by atoms with Gasteiger partial charge in [0.1, 0.15) is 11.9 Å². The molecule has 0 radical (unpaired) electrons. The summed E-state index contributed by atoms with van der Waals surface area (Å²) in [7, 11) is 0. The lowest BCUT2D eigenvalue weighted by Gasteiger charge is -2.12. The predicted octanol–water partition coefficient (Wildman–Crippen LogP) is 4.48. The van der Waals surface area contributed by atoms with Crippen LogP contribution in [0.3, 0.4) is 0 Å². The van der Waals surface area contributed by atoms with Crippen LogP contribution in [0.1, 0.15) is 33.2 Å². The molecule has 33 heavy (non-hydrogen) atoms.